The van der Waals surface area contributed by atoms with E-state index in [1.807, 2.05) is 6.92 Å². The summed E-state index contributed by atoms with van der Waals surface area (Å²) in [5.41, 5.74) is 0.389. The number of amides is 2. The van der Waals surface area contributed by atoms with Crippen LogP contribution in [0, 0.1) is 0 Å². The van der Waals surface area contributed by atoms with Crippen molar-refractivity contribution in [2.24, 2.45) is 0 Å². The van der Waals surface area contributed by atoms with Crippen LogP contribution in [0.4, 0.5) is 4.79 Å². The summed E-state index contributed by atoms with van der Waals surface area (Å²) in [5.74, 6) is -0.463. The van der Waals surface area contributed by atoms with E-state index < -0.39 is 5.97 Å². The highest BCUT2D eigenvalue weighted by Crippen LogP contribution is 2.11. The number of hydrogen-bond donors (Lipinski definition) is 2. The van der Waals surface area contributed by atoms with Crippen LogP contribution in [0.15, 0.2) is 24.3 Å². The first-order valence-corrected chi connectivity index (χ1v) is 5.95. The molecule has 0 atom stereocenters. The van der Waals surface area contributed by atoms with Gasteiger partial charge in [-0.25, -0.2) is 9.59 Å². The third-order valence-electron chi connectivity index (χ3n) is 2.02. The lowest BCUT2D eigenvalue weighted by atomic mass is 10.2. The lowest BCUT2D eigenvalue weighted by Crippen LogP contribution is -2.37. The standard InChI is InChI=1S/C12H15ClN2O3/c1-2-14-12(17)15-6-7-18-11(16)9-4-3-5-10(13)8-9/h3-5,8H,2,6-7H2,1H3,(H2,14,15,17). The molecular formula is C12H15ClN2O3. The number of carbonyl (C=O) groups excluding carboxylic acids is 2. The van der Waals surface area contributed by atoms with E-state index in [0.717, 1.165) is 0 Å². The summed E-state index contributed by atoms with van der Waals surface area (Å²) in [6.45, 7) is 2.74. The molecule has 0 aliphatic carbocycles. The van der Waals surface area contributed by atoms with Gasteiger partial charge in [0.2, 0.25) is 0 Å². The molecule has 0 saturated heterocycles. The van der Waals surface area contributed by atoms with Crippen LogP contribution in [-0.4, -0.2) is 31.7 Å². The van der Waals surface area contributed by atoms with Crippen molar-refractivity contribution in [1.82, 2.24) is 10.6 Å². The van der Waals surface area contributed by atoms with Crippen molar-refractivity contribution in [2.45, 2.75) is 6.92 Å². The van der Waals surface area contributed by atoms with Crippen molar-refractivity contribution in [3.63, 3.8) is 0 Å². The van der Waals surface area contributed by atoms with E-state index in [1.165, 1.54) is 6.07 Å². The van der Waals surface area contributed by atoms with E-state index in [1.54, 1.807) is 18.2 Å². The number of ether oxygens (including phenoxy) is 1. The maximum atomic E-state index is 11.6. The van der Waals surface area contributed by atoms with E-state index in [-0.39, 0.29) is 19.2 Å². The maximum absolute atomic E-state index is 11.6. The number of benzene rings is 1. The molecule has 2 amide bonds. The molecule has 0 bridgehead atoms. The van der Waals surface area contributed by atoms with Gasteiger partial charge in [0.1, 0.15) is 6.61 Å². The minimum Gasteiger partial charge on any atom is -0.460 e. The van der Waals surface area contributed by atoms with E-state index in [9.17, 15) is 9.59 Å². The normalized spacial score (nSPS) is 9.67. The van der Waals surface area contributed by atoms with E-state index in [2.05, 4.69) is 10.6 Å². The fourth-order valence-corrected chi connectivity index (χ4v) is 1.42. The SMILES string of the molecule is CCNC(=O)NCCOC(=O)c1cccc(Cl)c1. The molecular weight excluding hydrogens is 256 g/mol. The number of halogens is 1. The van der Waals surface area contributed by atoms with Crippen molar-refractivity contribution >= 4 is 23.6 Å². The summed E-state index contributed by atoms with van der Waals surface area (Å²) in [6.07, 6.45) is 0. The number of urea groups is 1. The number of nitrogens with one attached hydrogen (secondary N) is 2. The summed E-state index contributed by atoms with van der Waals surface area (Å²) < 4.78 is 4.97. The fourth-order valence-electron chi connectivity index (χ4n) is 1.23. The van der Waals surface area contributed by atoms with Crippen molar-refractivity contribution in [1.29, 1.82) is 0 Å². The first-order chi connectivity index (χ1) is 8.63. The third kappa shape index (κ3) is 5.05. The minimum atomic E-state index is -0.463. The van der Waals surface area contributed by atoms with Gasteiger partial charge in [0.05, 0.1) is 12.1 Å². The predicted octanol–water partition coefficient (Wildman–Crippen LogP) is 1.82. The average molecular weight is 271 g/mol. The highest BCUT2D eigenvalue weighted by atomic mass is 35.5. The van der Waals surface area contributed by atoms with Crippen LogP contribution in [0.1, 0.15) is 17.3 Å². The zero-order valence-electron chi connectivity index (χ0n) is 10.0. The van der Waals surface area contributed by atoms with Crippen molar-refractivity contribution in [3.05, 3.63) is 34.9 Å². The lowest BCUT2D eigenvalue weighted by molar-refractivity contribution is 0.0510. The van der Waals surface area contributed by atoms with E-state index >= 15 is 0 Å². The van der Waals surface area contributed by atoms with Gasteiger partial charge in [-0.3, -0.25) is 0 Å². The Balaban J connectivity index is 2.27. The molecule has 0 unspecified atom stereocenters. The largest absolute Gasteiger partial charge is 0.460 e. The molecule has 2 N–H and O–H groups in total. The zero-order valence-corrected chi connectivity index (χ0v) is 10.8. The number of esters is 1. The summed E-state index contributed by atoms with van der Waals surface area (Å²) in [7, 11) is 0. The Bertz CT molecular complexity index is 424. The number of carbonyl (C=O) groups is 2. The van der Waals surface area contributed by atoms with Crippen molar-refractivity contribution < 1.29 is 14.3 Å². The van der Waals surface area contributed by atoms with Gasteiger partial charge < -0.3 is 15.4 Å². The summed E-state index contributed by atoms with van der Waals surface area (Å²) in [6, 6.07) is 6.21. The summed E-state index contributed by atoms with van der Waals surface area (Å²) >= 11 is 5.75. The van der Waals surface area contributed by atoms with Crippen LogP contribution < -0.4 is 10.6 Å². The zero-order chi connectivity index (χ0) is 13.4. The molecule has 0 spiro atoms. The smallest absolute Gasteiger partial charge is 0.338 e. The van der Waals surface area contributed by atoms with Crippen molar-refractivity contribution in [3.8, 4) is 0 Å². The molecule has 0 heterocycles. The Labute approximate surface area is 110 Å². The van der Waals surface area contributed by atoms with Gasteiger partial charge in [-0.15, -0.1) is 0 Å². The molecule has 6 heteroatoms. The van der Waals surface area contributed by atoms with Gasteiger partial charge in [-0.05, 0) is 25.1 Å². The molecule has 0 radical (unpaired) electrons. The van der Waals surface area contributed by atoms with E-state index in [0.29, 0.717) is 17.1 Å². The van der Waals surface area contributed by atoms with Gasteiger partial charge in [-0.1, -0.05) is 17.7 Å². The van der Waals surface area contributed by atoms with Gasteiger partial charge in [-0.2, -0.15) is 0 Å². The summed E-state index contributed by atoms with van der Waals surface area (Å²) in [4.78, 5) is 22.6. The van der Waals surface area contributed by atoms with Gasteiger partial charge in [0, 0.05) is 11.6 Å². The second kappa shape index (κ2) is 7.55. The Morgan fingerprint density at radius 3 is 2.78 bits per heavy atom. The van der Waals surface area contributed by atoms with Crippen LogP contribution >= 0.6 is 11.6 Å². The number of hydrogen-bond acceptors (Lipinski definition) is 3. The van der Waals surface area contributed by atoms with Crippen molar-refractivity contribution in [2.75, 3.05) is 19.7 Å². The highest BCUT2D eigenvalue weighted by Gasteiger charge is 2.07. The Hall–Kier alpha value is -1.75. The van der Waals surface area contributed by atoms with Crippen LogP contribution in [0.2, 0.25) is 5.02 Å². The third-order valence-corrected chi connectivity index (χ3v) is 2.25. The first-order valence-electron chi connectivity index (χ1n) is 5.58. The molecule has 0 saturated carbocycles. The monoisotopic (exact) mass is 270 g/mol. The molecule has 0 aliphatic rings. The maximum Gasteiger partial charge on any atom is 0.338 e. The molecule has 1 aromatic rings. The Kier molecular flexibility index (Phi) is 6.00. The van der Waals surface area contributed by atoms with Crippen LogP contribution in [0.3, 0.4) is 0 Å². The molecule has 18 heavy (non-hydrogen) atoms. The average Bonchev–Trinajstić information content (AvgIpc) is 2.35. The molecule has 1 aromatic carbocycles. The molecule has 5 nitrogen and oxygen atoms in total. The number of rotatable bonds is 5. The molecule has 1 rings (SSSR count). The quantitative estimate of drug-likeness (QED) is 0.633. The molecule has 0 fully saturated rings. The topological polar surface area (TPSA) is 67.4 Å². The van der Waals surface area contributed by atoms with E-state index in [4.69, 9.17) is 16.3 Å². The van der Waals surface area contributed by atoms with Gasteiger partial charge in [0.15, 0.2) is 0 Å². The van der Waals surface area contributed by atoms with Crippen LogP contribution in [0.25, 0.3) is 0 Å². The minimum absolute atomic E-state index is 0.114. The lowest BCUT2D eigenvalue weighted by Gasteiger charge is -2.07. The first kappa shape index (κ1) is 14.3. The Morgan fingerprint density at radius 2 is 2.11 bits per heavy atom. The fraction of sp³-hybridized carbons (Fsp3) is 0.333. The Morgan fingerprint density at radius 1 is 1.33 bits per heavy atom. The molecule has 98 valence electrons. The highest BCUT2D eigenvalue weighted by molar-refractivity contribution is 6.30. The molecule has 0 aromatic heterocycles. The second-order valence-electron chi connectivity index (χ2n) is 3.43. The van der Waals surface area contributed by atoms with Crippen LogP contribution in [-0.2, 0) is 4.74 Å². The summed E-state index contributed by atoms with van der Waals surface area (Å²) in [5, 5.41) is 5.59. The molecule has 0 aliphatic heterocycles. The second-order valence-corrected chi connectivity index (χ2v) is 3.87. The van der Waals surface area contributed by atoms with Crippen LogP contribution in [0.5, 0.6) is 0 Å². The van der Waals surface area contributed by atoms with Gasteiger partial charge in [0.25, 0.3) is 0 Å². The van der Waals surface area contributed by atoms with Gasteiger partial charge >= 0.3 is 12.0 Å². The predicted molar refractivity (Wildman–Crippen MR) is 68.8 cm³/mol.